The Morgan fingerprint density at radius 2 is 2.18 bits per heavy atom. The molecule has 0 spiro atoms. The van der Waals surface area contributed by atoms with Crippen molar-refractivity contribution in [3.63, 3.8) is 0 Å². The second kappa shape index (κ2) is 5.54. The van der Waals surface area contributed by atoms with Crippen LogP contribution in [0.1, 0.15) is 16.1 Å². The van der Waals surface area contributed by atoms with Gasteiger partial charge in [0, 0.05) is 19.0 Å². The molecular formula is C14H13N3O3S2. The van der Waals surface area contributed by atoms with E-state index in [-0.39, 0.29) is 10.9 Å². The molecule has 0 aliphatic rings. The number of hydrogen-bond acceptors (Lipinski definition) is 5. The van der Waals surface area contributed by atoms with E-state index in [2.05, 4.69) is 10.3 Å². The van der Waals surface area contributed by atoms with Gasteiger partial charge in [0.15, 0.2) is 5.69 Å². The van der Waals surface area contributed by atoms with E-state index in [0.29, 0.717) is 12.1 Å². The predicted octanol–water partition coefficient (Wildman–Crippen LogP) is 1.73. The number of nitrogens with zero attached hydrogens (tertiary/aromatic N) is 2. The first-order chi connectivity index (χ1) is 10.5. The molecule has 6 nitrogen and oxygen atoms in total. The number of carbonyl (C=O) groups is 1. The maximum Gasteiger partial charge on any atom is 0.272 e. The average Bonchev–Trinajstić information content (AvgIpc) is 3.11. The minimum Gasteiger partial charge on any atom is -0.347 e. The number of fused-ring (bicyclic) bond motifs is 1. The van der Waals surface area contributed by atoms with Crippen molar-refractivity contribution in [2.75, 3.05) is 6.26 Å². The lowest BCUT2D eigenvalue weighted by Gasteiger charge is -2.01. The van der Waals surface area contributed by atoms with Crippen molar-refractivity contribution in [2.45, 2.75) is 11.7 Å². The number of aromatic nitrogens is 2. The van der Waals surface area contributed by atoms with Gasteiger partial charge >= 0.3 is 0 Å². The molecule has 3 aromatic rings. The van der Waals surface area contributed by atoms with E-state index in [0.717, 1.165) is 11.8 Å². The van der Waals surface area contributed by atoms with Crippen molar-refractivity contribution in [3.8, 4) is 0 Å². The molecule has 0 radical (unpaired) electrons. The van der Waals surface area contributed by atoms with Crippen molar-refractivity contribution in [1.29, 1.82) is 0 Å². The monoisotopic (exact) mass is 335 g/mol. The summed E-state index contributed by atoms with van der Waals surface area (Å²) in [7, 11) is -3.53. The van der Waals surface area contributed by atoms with Crippen molar-refractivity contribution in [3.05, 3.63) is 52.5 Å². The molecule has 0 aliphatic carbocycles. The molecule has 0 atom stereocenters. The Hall–Kier alpha value is -2.19. The van der Waals surface area contributed by atoms with E-state index in [1.165, 1.54) is 4.40 Å². The molecule has 8 heteroatoms. The van der Waals surface area contributed by atoms with E-state index in [1.54, 1.807) is 35.7 Å². The van der Waals surface area contributed by atoms with Gasteiger partial charge in [-0.25, -0.2) is 13.4 Å². The summed E-state index contributed by atoms with van der Waals surface area (Å²) in [6, 6.07) is 7.01. The summed E-state index contributed by atoms with van der Waals surface area (Å²) in [6.45, 7) is 0.377. The zero-order valence-electron chi connectivity index (χ0n) is 11.7. The highest BCUT2D eigenvalue weighted by atomic mass is 32.2. The van der Waals surface area contributed by atoms with Crippen LogP contribution in [0, 0.1) is 0 Å². The second-order valence-corrected chi connectivity index (χ2v) is 7.47. The highest BCUT2D eigenvalue weighted by molar-refractivity contribution is 7.90. The van der Waals surface area contributed by atoms with Gasteiger partial charge in [-0.15, -0.1) is 0 Å². The van der Waals surface area contributed by atoms with Gasteiger partial charge in [0.25, 0.3) is 5.91 Å². The van der Waals surface area contributed by atoms with Crippen LogP contribution < -0.4 is 5.32 Å². The number of amides is 1. The maximum atomic E-state index is 12.3. The van der Waals surface area contributed by atoms with E-state index in [4.69, 9.17) is 0 Å². The van der Waals surface area contributed by atoms with Crippen molar-refractivity contribution in [1.82, 2.24) is 14.7 Å². The number of rotatable bonds is 4. The molecular weight excluding hydrogens is 322 g/mol. The van der Waals surface area contributed by atoms with Crippen LogP contribution in [0.5, 0.6) is 0 Å². The number of imidazole rings is 1. The Bertz CT molecular complexity index is 928. The number of sulfone groups is 1. The molecule has 0 unspecified atom stereocenters. The van der Waals surface area contributed by atoms with Gasteiger partial charge in [-0.1, -0.05) is 6.07 Å². The molecule has 3 aromatic heterocycles. The van der Waals surface area contributed by atoms with Gasteiger partial charge in [0.05, 0.1) is 5.52 Å². The Kier molecular flexibility index (Phi) is 3.71. The van der Waals surface area contributed by atoms with Gasteiger partial charge in [0.2, 0.25) is 15.0 Å². The van der Waals surface area contributed by atoms with Crippen LogP contribution in [0.4, 0.5) is 0 Å². The van der Waals surface area contributed by atoms with Crippen LogP contribution >= 0.6 is 11.3 Å². The van der Waals surface area contributed by atoms with Crippen LogP contribution in [0.25, 0.3) is 5.52 Å². The molecule has 0 fully saturated rings. The highest BCUT2D eigenvalue weighted by Crippen LogP contribution is 2.17. The number of carbonyl (C=O) groups excluding carboxylic acids is 1. The summed E-state index contributed by atoms with van der Waals surface area (Å²) >= 11 is 1.55. The van der Waals surface area contributed by atoms with E-state index >= 15 is 0 Å². The summed E-state index contributed by atoms with van der Waals surface area (Å²) in [5.41, 5.74) is 1.56. The average molecular weight is 335 g/mol. The zero-order chi connectivity index (χ0) is 15.7. The summed E-state index contributed by atoms with van der Waals surface area (Å²) in [6.07, 6.45) is 2.65. The molecule has 22 heavy (non-hydrogen) atoms. The van der Waals surface area contributed by atoms with Gasteiger partial charge in [0.1, 0.15) is 0 Å². The molecule has 114 valence electrons. The van der Waals surface area contributed by atoms with Crippen LogP contribution in [0.15, 0.2) is 46.4 Å². The minimum absolute atomic E-state index is 0.108. The van der Waals surface area contributed by atoms with Crippen LogP contribution in [-0.2, 0) is 16.4 Å². The van der Waals surface area contributed by atoms with E-state index in [9.17, 15) is 13.2 Å². The summed E-state index contributed by atoms with van der Waals surface area (Å²) in [5.74, 6) is -0.398. The second-order valence-electron chi connectivity index (χ2n) is 4.79. The van der Waals surface area contributed by atoms with Crippen molar-refractivity contribution < 1.29 is 13.2 Å². The molecule has 0 aromatic carbocycles. The van der Waals surface area contributed by atoms with Crippen LogP contribution in [0.3, 0.4) is 0 Å². The number of hydrogen-bond donors (Lipinski definition) is 1. The fourth-order valence-corrected chi connectivity index (χ4v) is 3.54. The molecule has 0 aliphatic heterocycles. The van der Waals surface area contributed by atoms with E-state index in [1.807, 2.05) is 16.8 Å². The summed E-state index contributed by atoms with van der Waals surface area (Å²) in [5, 5.41) is 6.48. The molecule has 1 N–H and O–H groups in total. The first kappa shape index (κ1) is 14.7. The maximum absolute atomic E-state index is 12.3. The molecule has 3 rings (SSSR count). The minimum atomic E-state index is -3.53. The molecule has 0 saturated carbocycles. The number of nitrogens with one attached hydrogen (secondary N) is 1. The third kappa shape index (κ3) is 2.75. The Balaban J connectivity index is 1.98. The molecule has 3 heterocycles. The van der Waals surface area contributed by atoms with Gasteiger partial charge < -0.3 is 5.32 Å². The molecule has 0 saturated heterocycles. The van der Waals surface area contributed by atoms with Gasteiger partial charge in [-0.2, -0.15) is 11.3 Å². The lowest BCUT2D eigenvalue weighted by molar-refractivity contribution is 0.0948. The van der Waals surface area contributed by atoms with Crippen LogP contribution in [0.2, 0.25) is 0 Å². The van der Waals surface area contributed by atoms with Gasteiger partial charge in [-0.05, 0) is 34.5 Å². The van der Waals surface area contributed by atoms with Crippen molar-refractivity contribution in [2.24, 2.45) is 0 Å². The Morgan fingerprint density at radius 3 is 2.86 bits per heavy atom. The fourth-order valence-electron chi connectivity index (χ4n) is 2.10. The zero-order valence-corrected chi connectivity index (χ0v) is 13.3. The highest BCUT2D eigenvalue weighted by Gasteiger charge is 2.22. The van der Waals surface area contributed by atoms with Crippen molar-refractivity contribution >= 4 is 32.6 Å². The molecule has 1 amide bonds. The third-order valence-corrected chi connectivity index (χ3v) is 4.78. The SMILES string of the molecule is CS(=O)(=O)c1nc(C(=O)NCc2ccsc2)c2ccccn12. The molecule has 0 bridgehead atoms. The largest absolute Gasteiger partial charge is 0.347 e. The first-order valence-electron chi connectivity index (χ1n) is 6.43. The predicted molar refractivity (Wildman–Crippen MR) is 83.8 cm³/mol. The lowest BCUT2D eigenvalue weighted by atomic mass is 10.3. The van der Waals surface area contributed by atoms with Crippen LogP contribution in [-0.4, -0.2) is 30.0 Å². The lowest BCUT2D eigenvalue weighted by Crippen LogP contribution is -2.23. The Morgan fingerprint density at radius 1 is 1.36 bits per heavy atom. The normalized spacial score (nSPS) is 11.7. The topological polar surface area (TPSA) is 80.5 Å². The third-order valence-electron chi connectivity index (χ3n) is 3.10. The smallest absolute Gasteiger partial charge is 0.272 e. The number of pyridine rings is 1. The van der Waals surface area contributed by atoms with Gasteiger partial charge in [-0.3, -0.25) is 9.20 Å². The first-order valence-corrected chi connectivity index (χ1v) is 9.26. The standard InChI is InChI=1S/C14H13N3O3S2/c1-22(19,20)14-16-12(11-4-2-3-6-17(11)14)13(18)15-8-10-5-7-21-9-10/h2-7,9H,8H2,1H3,(H,15,18). The number of thiophene rings is 1. The fraction of sp³-hybridized carbons (Fsp3) is 0.143. The van der Waals surface area contributed by atoms with E-state index < -0.39 is 15.7 Å². The summed E-state index contributed by atoms with van der Waals surface area (Å²) < 4.78 is 25.0. The quantitative estimate of drug-likeness (QED) is 0.787. The summed E-state index contributed by atoms with van der Waals surface area (Å²) in [4.78, 5) is 16.3. The Labute approximate surface area is 131 Å².